The molecule has 0 bridgehead atoms. The van der Waals surface area contributed by atoms with E-state index in [2.05, 4.69) is 74.6 Å². The summed E-state index contributed by atoms with van der Waals surface area (Å²) in [6.45, 7) is 3.59. The van der Waals surface area contributed by atoms with Gasteiger partial charge in [-0.1, -0.05) is 23.8 Å². The van der Waals surface area contributed by atoms with E-state index < -0.39 is 0 Å². The Morgan fingerprint density at radius 3 is 2.38 bits per heavy atom. The Labute approximate surface area is 204 Å². The third-order valence-electron chi connectivity index (χ3n) is 5.96. The molecule has 0 unspecified atom stereocenters. The fraction of sp³-hybridized carbons (Fsp3) is 0.148. The van der Waals surface area contributed by atoms with Crippen molar-refractivity contribution in [2.45, 2.75) is 25.9 Å². The molecule has 34 heavy (non-hydrogen) atoms. The second kappa shape index (κ2) is 9.11. The van der Waals surface area contributed by atoms with Gasteiger partial charge in [0, 0.05) is 42.1 Å². The van der Waals surface area contributed by atoms with Gasteiger partial charge in [-0.25, -0.2) is 0 Å². The van der Waals surface area contributed by atoms with Crippen LogP contribution in [0.4, 0.5) is 11.4 Å². The van der Waals surface area contributed by atoms with Crippen LogP contribution in [0.5, 0.6) is 0 Å². The molecule has 0 spiro atoms. The molecule has 6 nitrogen and oxygen atoms in total. The van der Waals surface area contributed by atoms with Crippen molar-refractivity contribution in [2.75, 3.05) is 10.2 Å². The summed E-state index contributed by atoms with van der Waals surface area (Å²) in [4.78, 5) is 18.2. The number of carbonyl (C=O) groups is 1. The standard InChI is InChI=1S/C27H25N5OS/c1-18-8-12-21(13-9-18)31-17-5-7-24(31)26-25(23-6-3-4-16-28-23)30-27(34)32(26)22-14-10-20(11-15-22)29-19(2)33/h3-17,25-26H,1-2H3,(H,29,33)(H,30,34)/t25-,26+/m0/s1. The van der Waals surface area contributed by atoms with Crippen LogP contribution >= 0.6 is 12.2 Å². The SMILES string of the molecule is CC(=O)Nc1ccc(N2C(=S)N[C@@H](c3ccccn3)[C@H]2c2cccn2-c2ccc(C)cc2)cc1. The molecule has 4 aromatic rings. The van der Waals surface area contributed by atoms with Gasteiger partial charge in [0.2, 0.25) is 5.91 Å². The zero-order valence-corrected chi connectivity index (χ0v) is 19.8. The number of hydrogen-bond donors (Lipinski definition) is 2. The van der Waals surface area contributed by atoms with E-state index in [0.717, 1.165) is 28.5 Å². The summed E-state index contributed by atoms with van der Waals surface area (Å²) < 4.78 is 2.20. The number of benzene rings is 2. The third kappa shape index (κ3) is 4.18. The topological polar surface area (TPSA) is 62.2 Å². The summed E-state index contributed by atoms with van der Waals surface area (Å²) in [7, 11) is 0. The average Bonchev–Trinajstić information content (AvgIpc) is 3.45. The lowest BCUT2D eigenvalue weighted by Crippen LogP contribution is -2.30. The van der Waals surface area contributed by atoms with Crippen molar-refractivity contribution >= 4 is 34.6 Å². The Balaban J connectivity index is 1.61. The Morgan fingerprint density at radius 2 is 1.71 bits per heavy atom. The number of hydrogen-bond acceptors (Lipinski definition) is 3. The van der Waals surface area contributed by atoms with Crippen LogP contribution in [0.2, 0.25) is 0 Å². The monoisotopic (exact) mass is 467 g/mol. The zero-order chi connectivity index (χ0) is 23.7. The number of nitrogens with one attached hydrogen (secondary N) is 2. The molecule has 2 aromatic heterocycles. The maximum atomic E-state index is 11.4. The van der Waals surface area contributed by atoms with E-state index in [0.29, 0.717) is 5.11 Å². The molecule has 0 radical (unpaired) electrons. The zero-order valence-electron chi connectivity index (χ0n) is 19.0. The Bertz CT molecular complexity index is 1320. The molecule has 1 saturated heterocycles. The smallest absolute Gasteiger partial charge is 0.221 e. The van der Waals surface area contributed by atoms with Crippen LogP contribution in [-0.2, 0) is 4.79 Å². The van der Waals surface area contributed by atoms with Crippen molar-refractivity contribution in [3.05, 3.63) is 108 Å². The largest absolute Gasteiger partial charge is 0.351 e. The van der Waals surface area contributed by atoms with Crippen molar-refractivity contribution in [1.29, 1.82) is 0 Å². The molecule has 1 aliphatic rings. The molecule has 7 heteroatoms. The van der Waals surface area contributed by atoms with Gasteiger partial charge in [0.1, 0.15) is 6.04 Å². The van der Waals surface area contributed by atoms with Gasteiger partial charge in [-0.05, 0) is 79.8 Å². The molecule has 0 aliphatic carbocycles. The minimum atomic E-state index is -0.136. The van der Waals surface area contributed by atoms with Gasteiger partial charge in [-0.3, -0.25) is 9.78 Å². The fourth-order valence-corrected chi connectivity index (χ4v) is 4.76. The van der Waals surface area contributed by atoms with Crippen molar-refractivity contribution in [3.63, 3.8) is 0 Å². The second-order valence-corrected chi connectivity index (χ2v) is 8.75. The molecule has 1 aliphatic heterocycles. The quantitative estimate of drug-likeness (QED) is 0.389. The first kappa shape index (κ1) is 21.9. The van der Waals surface area contributed by atoms with Crippen LogP contribution in [0, 0.1) is 6.92 Å². The number of pyridine rings is 1. The highest BCUT2D eigenvalue weighted by Gasteiger charge is 2.42. The lowest BCUT2D eigenvalue weighted by Gasteiger charge is -2.29. The highest BCUT2D eigenvalue weighted by molar-refractivity contribution is 7.80. The maximum Gasteiger partial charge on any atom is 0.221 e. The summed E-state index contributed by atoms with van der Waals surface area (Å²) in [5.74, 6) is -0.102. The molecular formula is C27H25N5OS. The van der Waals surface area contributed by atoms with Crippen molar-refractivity contribution in [3.8, 4) is 5.69 Å². The van der Waals surface area contributed by atoms with Gasteiger partial charge < -0.3 is 20.1 Å². The molecular weight excluding hydrogens is 442 g/mol. The van der Waals surface area contributed by atoms with Crippen LogP contribution in [0.15, 0.2) is 91.3 Å². The van der Waals surface area contributed by atoms with E-state index in [1.54, 1.807) is 6.20 Å². The molecule has 170 valence electrons. The minimum absolute atomic E-state index is 0.102. The Hall–Kier alpha value is -3.97. The van der Waals surface area contributed by atoms with E-state index in [9.17, 15) is 4.79 Å². The molecule has 0 saturated carbocycles. The first-order chi connectivity index (χ1) is 16.5. The van der Waals surface area contributed by atoms with Crippen molar-refractivity contribution < 1.29 is 4.79 Å². The van der Waals surface area contributed by atoms with Crippen LogP contribution in [0.1, 0.15) is 36.0 Å². The first-order valence-corrected chi connectivity index (χ1v) is 11.5. The van der Waals surface area contributed by atoms with Crippen LogP contribution in [0.3, 0.4) is 0 Å². The van der Waals surface area contributed by atoms with Crippen molar-refractivity contribution in [2.24, 2.45) is 0 Å². The maximum absolute atomic E-state index is 11.4. The first-order valence-electron chi connectivity index (χ1n) is 11.1. The van der Waals surface area contributed by atoms with E-state index >= 15 is 0 Å². The minimum Gasteiger partial charge on any atom is -0.351 e. The lowest BCUT2D eigenvalue weighted by molar-refractivity contribution is -0.114. The van der Waals surface area contributed by atoms with E-state index in [1.165, 1.54) is 12.5 Å². The second-order valence-electron chi connectivity index (χ2n) is 8.36. The van der Waals surface area contributed by atoms with Gasteiger partial charge in [-0.15, -0.1) is 0 Å². The van der Waals surface area contributed by atoms with Gasteiger partial charge >= 0.3 is 0 Å². The number of thiocarbonyl (C=S) groups is 1. The summed E-state index contributed by atoms with van der Waals surface area (Å²) in [5.41, 5.74) is 6.00. The Kier molecular flexibility index (Phi) is 5.86. The average molecular weight is 468 g/mol. The molecule has 3 heterocycles. The van der Waals surface area contributed by atoms with E-state index in [4.69, 9.17) is 12.2 Å². The summed E-state index contributed by atoms with van der Waals surface area (Å²) in [6.07, 6.45) is 3.88. The summed E-state index contributed by atoms with van der Waals surface area (Å²) in [5, 5.41) is 6.96. The molecule has 5 rings (SSSR count). The highest BCUT2D eigenvalue weighted by Crippen LogP contribution is 2.42. The number of anilines is 2. The highest BCUT2D eigenvalue weighted by atomic mass is 32.1. The van der Waals surface area contributed by atoms with E-state index in [1.807, 2.05) is 42.5 Å². The molecule has 2 N–H and O–H groups in total. The summed E-state index contributed by atoms with van der Waals surface area (Å²) in [6, 6.07) is 26.1. The van der Waals surface area contributed by atoms with Gasteiger partial charge in [-0.2, -0.15) is 0 Å². The fourth-order valence-electron chi connectivity index (χ4n) is 4.42. The number of amides is 1. The predicted molar refractivity (Wildman–Crippen MR) is 139 cm³/mol. The van der Waals surface area contributed by atoms with Crippen LogP contribution in [-0.4, -0.2) is 20.6 Å². The molecule has 1 fully saturated rings. The lowest BCUT2D eigenvalue weighted by atomic mass is 10.0. The number of rotatable bonds is 5. The number of aryl methyl sites for hydroxylation is 1. The molecule has 1 amide bonds. The number of carbonyl (C=O) groups excluding carboxylic acids is 1. The third-order valence-corrected chi connectivity index (χ3v) is 6.27. The number of nitrogens with zero attached hydrogens (tertiary/aromatic N) is 3. The normalized spacial score (nSPS) is 17.5. The Morgan fingerprint density at radius 1 is 0.971 bits per heavy atom. The predicted octanol–water partition coefficient (Wildman–Crippen LogP) is 5.32. The van der Waals surface area contributed by atoms with Gasteiger partial charge in [0.15, 0.2) is 5.11 Å². The molecule has 2 aromatic carbocycles. The molecule has 2 atom stereocenters. The van der Waals surface area contributed by atoms with Crippen LogP contribution in [0.25, 0.3) is 5.69 Å². The van der Waals surface area contributed by atoms with Crippen LogP contribution < -0.4 is 15.5 Å². The van der Waals surface area contributed by atoms with Gasteiger partial charge in [0.25, 0.3) is 0 Å². The number of aromatic nitrogens is 2. The van der Waals surface area contributed by atoms with Gasteiger partial charge in [0.05, 0.1) is 11.7 Å². The van der Waals surface area contributed by atoms with E-state index in [-0.39, 0.29) is 18.0 Å². The van der Waals surface area contributed by atoms with Crippen molar-refractivity contribution in [1.82, 2.24) is 14.9 Å². The summed E-state index contributed by atoms with van der Waals surface area (Å²) >= 11 is 5.84.